The van der Waals surface area contributed by atoms with Gasteiger partial charge >= 0.3 is 0 Å². The van der Waals surface area contributed by atoms with Crippen LogP contribution in [0.5, 0.6) is 5.75 Å². The lowest BCUT2D eigenvalue weighted by molar-refractivity contribution is -0.0249. The molecule has 0 aliphatic carbocycles. The van der Waals surface area contributed by atoms with Gasteiger partial charge in [0, 0.05) is 46.5 Å². The first-order chi connectivity index (χ1) is 18.1. The van der Waals surface area contributed by atoms with Gasteiger partial charge in [0.1, 0.15) is 34.9 Å². The minimum absolute atomic E-state index is 0.0224. The zero-order chi connectivity index (χ0) is 27.0. The molecule has 1 aliphatic heterocycles. The fourth-order valence-electron chi connectivity index (χ4n) is 4.44. The summed E-state index contributed by atoms with van der Waals surface area (Å²) in [6.07, 6.45) is 0.995. The number of hydrogen-bond acceptors (Lipinski definition) is 6. The molecule has 5 rings (SSSR count). The average Bonchev–Trinajstić information content (AvgIpc) is 3.28. The number of halogens is 2. The van der Waals surface area contributed by atoms with E-state index in [9.17, 15) is 17.6 Å². The Morgan fingerprint density at radius 1 is 1.26 bits per heavy atom. The molecule has 38 heavy (non-hydrogen) atoms. The van der Waals surface area contributed by atoms with Gasteiger partial charge in [-0.1, -0.05) is 11.6 Å². The Hall–Kier alpha value is -3.51. The second-order valence-corrected chi connectivity index (χ2v) is 11.2. The highest BCUT2D eigenvalue weighted by atomic mass is 35.5. The third kappa shape index (κ3) is 5.10. The molecule has 0 bridgehead atoms. The Bertz CT molecular complexity index is 1640. The second-order valence-electron chi connectivity index (χ2n) is 8.88. The Labute approximate surface area is 223 Å². The Morgan fingerprint density at radius 3 is 2.84 bits per heavy atom. The molecule has 3 heterocycles. The standard InChI is InChI=1S/C26H24ClFN4O5S/c1-15-10-16(6-7-30-15)20-12-18(3-4-22(20)28)37-14-19-13-32(8-9-36-19)38(34,35)25-21-11-17(27)2-5-23(21)31-24(25)26(29)33/h2-7,10-12,19,31H,8-9,13-14H2,1H3,(H2,29,33). The number of aryl methyl sites for hydroxylation is 1. The van der Waals surface area contributed by atoms with Crippen molar-refractivity contribution in [1.82, 2.24) is 14.3 Å². The predicted octanol–water partition coefficient (Wildman–Crippen LogP) is 3.90. The molecule has 0 radical (unpaired) electrons. The summed E-state index contributed by atoms with van der Waals surface area (Å²) in [4.78, 5) is 18.8. The number of aromatic nitrogens is 2. The molecule has 12 heteroatoms. The van der Waals surface area contributed by atoms with E-state index in [2.05, 4.69) is 9.97 Å². The number of nitrogens with two attached hydrogens (primary N) is 1. The maximum Gasteiger partial charge on any atom is 0.266 e. The number of nitrogens with zero attached hydrogens (tertiary/aromatic N) is 2. The van der Waals surface area contributed by atoms with Crippen molar-refractivity contribution >= 4 is 38.4 Å². The van der Waals surface area contributed by atoms with Crippen LogP contribution in [0, 0.1) is 12.7 Å². The number of amides is 1. The number of sulfonamides is 1. The van der Waals surface area contributed by atoms with E-state index in [4.69, 9.17) is 26.8 Å². The lowest BCUT2D eigenvalue weighted by Crippen LogP contribution is -2.47. The van der Waals surface area contributed by atoms with E-state index in [0.717, 1.165) is 5.69 Å². The fourth-order valence-corrected chi connectivity index (χ4v) is 6.40. The molecule has 2 aromatic carbocycles. The molecular weight excluding hydrogens is 535 g/mol. The maximum absolute atomic E-state index is 14.5. The van der Waals surface area contributed by atoms with Gasteiger partial charge in [0.2, 0.25) is 10.0 Å². The van der Waals surface area contributed by atoms with Crippen molar-refractivity contribution < 1.29 is 27.1 Å². The summed E-state index contributed by atoms with van der Waals surface area (Å²) in [5.74, 6) is -0.902. The molecule has 9 nitrogen and oxygen atoms in total. The number of hydrogen-bond donors (Lipinski definition) is 2. The van der Waals surface area contributed by atoms with Crippen molar-refractivity contribution in [2.24, 2.45) is 5.73 Å². The van der Waals surface area contributed by atoms with Gasteiger partial charge in [-0.15, -0.1) is 0 Å². The maximum atomic E-state index is 14.5. The van der Waals surface area contributed by atoms with Gasteiger partial charge in [-0.05, 0) is 61.0 Å². The first kappa shape index (κ1) is 26.1. The highest BCUT2D eigenvalue weighted by Crippen LogP contribution is 2.32. The number of pyridine rings is 1. The quantitative estimate of drug-likeness (QED) is 0.354. The SMILES string of the molecule is Cc1cc(-c2cc(OCC3CN(S(=O)(=O)c4c(C(N)=O)[nH]c5ccc(Cl)cc45)CCO3)ccc2F)ccn1. The summed E-state index contributed by atoms with van der Waals surface area (Å²) >= 11 is 6.10. The van der Waals surface area contributed by atoms with Crippen LogP contribution >= 0.6 is 11.6 Å². The van der Waals surface area contributed by atoms with E-state index < -0.39 is 27.9 Å². The van der Waals surface area contributed by atoms with E-state index in [-0.39, 0.29) is 42.3 Å². The fraction of sp³-hybridized carbons (Fsp3) is 0.231. The lowest BCUT2D eigenvalue weighted by Gasteiger charge is -2.32. The van der Waals surface area contributed by atoms with Crippen LogP contribution in [0.15, 0.2) is 59.6 Å². The lowest BCUT2D eigenvalue weighted by atomic mass is 10.1. The Morgan fingerprint density at radius 2 is 2.08 bits per heavy atom. The average molecular weight is 559 g/mol. The number of aromatic amines is 1. The van der Waals surface area contributed by atoms with Crippen LogP contribution in [-0.2, 0) is 14.8 Å². The second kappa shape index (κ2) is 10.3. The summed E-state index contributed by atoms with van der Waals surface area (Å²) in [5.41, 5.74) is 7.48. The van der Waals surface area contributed by atoms with Gasteiger partial charge in [0.15, 0.2) is 0 Å². The summed E-state index contributed by atoms with van der Waals surface area (Å²) in [6, 6.07) is 12.5. The normalized spacial score (nSPS) is 16.6. The van der Waals surface area contributed by atoms with Gasteiger partial charge in [-0.25, -0.2) is 12.8 Å². The van der Waals surface area contributed by atoms with Gasteiger partial charge in [0.05, 0.1) is 6.61 Å². The summed E-state index contributed by atoms with van der Waals surface area (Å²) in [7, 11) is -4.15. The minimum atomic E-state index is -4.15. The van der Waals surface area contributed by atoms with Crippen molar-refractivity contribution in [3.05, 3.63) is 77.0 Å². The van der Waals surface area contributed by atoms with E-state index in [1.54, 1.807) is 36.5 Å². The van der Waals surface area contributed by atoms with Crippen LogP contribution in [0.1, 0.15) is 16.2 Å². The molecule has 1 amide bonds. The van der Waals surface area contributed by atoms with Crippen molar-refractivity contribution in [2.75, 3.05) is 26.3 Å². The highest BCUT2D eigenvalue weighted by Gasteiger charge is 2.36. The van der Waals surface area contributed by atoms with Crippen molar-refractivity contribution in [2.45, 2.75) is 17.9 Å². The van der Waals surface area contributed by atoms with Crippen molar-refractivity contribution in [1.29, 1.82) is 0 Å². The van der Waals surface area contributed by atoms with Crippen LogP contribution in [0.4, 0.5) is 4.39 Å². The van der Waals surface area contributed by atoms with Crippen molar-refractivity contribution in [3.8, 4) is 16.9 Å². The van der Waals surface area contributed by atoms with Crippen LogP contribution in [0.3, 0.4) is 0 Å². The number of rotatable bonds is 7. The molecule has 1 aliphatic rings. The first-order valence-electron chi connectivity index (χ1n) is 11.7. The zero-order valence-corrected chi connectivity index (χ0v) is 21.9. The summed E-state index contributed by atoms with van der Waals surface area (Å²) in [5, 5.41) is 0.591. The van der Waals surface area contributed by atoms with Crippen molar-refractivity contribution in [3.63, 3.8) is 0 Å². The number of nitrogens with one attached hydrogen (secondary N) is 1. The van der Waals surface area contributed by atoms with E-state index >= 15 is 0 Å². The monoisotopic (exact) mass is 558 g/mol. The third-order valence-electron chi connectivity index (χ3n) is 6.24. The molecular formula is C26H24ClFN4O5S. The molecule has 1 fully saturated rings. The molecule has 1 unspecified atom stereocenters. The third-order valence-corrected chi connectivity index (χ3v) is 8.43. The molecule has 0 saturated carbocycles. The smallest absolute Gasteiger partial charge is 0.266 e. The number of carbonyl (C=O) groups excluding carboxylic acids is 1. The largest absolute Gasteiger partial charge is 0.491 e. The number of carbonyl (C=O) groups is 1. The topological polar surface area (TPSA) is 128 Å². The molecule has 198 valence electrons. The molecule has 1 atom stereocenters. The number of H-pyrrole nitrogens is 1. The molecule has 4 aromatic rings. The van der Waals surface area contributed by atoms with Crippen LogP contribution < -0.4 is 10.5 Å². The van der Waals surface area contributed by atoms with Crippen LogP contribution in [0.2, 0.25) is 5.02 Å². The van der Waals surface area contributed by atoms with E-state index in [0.29, 0.717) is 27.4 Å². The molecule has 1 saturated heterocycles. The Kier molecular flexibility index (Phi) is 7.10. The van der Waals surface area contributed by atoms with E-state index in [1.807, 2.05) is 6.92 Å². The highest BCUT2D eigenvalue weighted by molar-refractivity contribution is 7.89. The van der Waals surface area contributed by atoms with E-state index in [1.165, 1.54) is 22.5 Å². The summed E-state index contributed by atoms with van der Waals surface area (Å²) < 4.78 is 54.7. The first-order valence-corrected chi connectivity index (χ1v) is 13.5. The molecule has 2 aromatic heterocycles. The van der Waals surface area contributed by atoms with Gasteiger partial charge in [0.25, 0.3) is 5.91 Å². The summed E-state index contributed by atoms with van der Waals surface area (Å²) in [6.45, 7) is 2.01. The molecule has 3 N–H and O–H groups in total. The zero-order valence-electron chi connectivity index (χ0n) is 20.3. The number of ether oxygens (including phenoxy) is 2. The van der Waals surface area contributed by atoms with Gasteiger partial charge < -0.3 is 20.2 Å². The molecule has 0 spiro atoms. The van der Waals surface area contributed by atoms with Crippen LogP contribution in [0.25, 0.3) is 22.0 Å². The minimum Gasteiger partial charge on any atom is -0.491 e. The van der Waals surface area contributed by atoms with Gasteiger partial charge in [-0.2, -0.15) is 4.31 Å². The number of benzene rings is 2. The number of fused-ring (bicyclic) bond motifs is 1. The number of morpholine rings is 1. The number of primary amides is 1. The predicted molar refractivity (Wildman–Crippen MR) is 140 cm³/mol. The Balaban J connectivity index is 1.36. The van der Waals surface area contributed by atoms with Crippen LogP contribution in [-0.4, -0.2) is 61.0 Å². The van der Waals surface area contributed by atoms with Gasteiger partial charge in [-0.3, -0.25) is 9.78 Å².